The lowest BCUT2D eigenvalue weighted by molar-refractivity contribution is -0.143. The molecular formula is C13H12ClF2N3O2. The van der Waals surface area contributed by atoms with E-state index in [1.807, 2.05) is 11.4 Å². The van der Waals surface area contributed by atoms with Crippen LogP contribution in [0, 0.1) is 23.0 Å². The first-order chi connectivity index (χ1) is 9.77. The van der Waals surface area contributed by atoms with E-state index >= 15 is 0 Å². The Kier molecular flexibility index (Phi) is 5.61. The molecule has 0 radical (unpaired) electrons. The van der Waals surface area contributed by atoms with Gasteiger partial charge in [0.2, 0.25) is 0 Å². The minimum atomic E-state index is -1.21. The van der Waals surface area contributed by atoms with Crippen molar-refractivity contribution in [2.75, 3.05) is 12.4 Å². The number of carbonyl (C=O) groups is 2. The van der Waals surface area contributed by atoms with Gasteiger partial charge in [-0.05, 0) is 19.1 Å². The molecule has 1 aromatic rings. The zero-order chi connectivity index (χ0) is 16.2. The Bertz CT molecular complexity index is 593. The van der Waals surface area contributed by atoms with E-state index in [1.165, 1.54) is 7.05 Å². The van der Waals surface area contributed by atoms with Gasteiger partial charge < -0.3 is 10.2 Å². The highest BCUT2D eigenvalue weighted by molar-refractivity contribution is 6.39. The van der Waals surface area contributed by atoms with E-state index in [0.29, 0.717) is 0 Å². The highest BCUT2D eigenvalue weighted by atomic mass is 35.5. The summed E-state index contributed by atoms with van der Waals surface area (Å²) < 4.78 is 27.0. The highest BCUT2D eigenvalue weighted by Crippen LogP contribution is 2.23. The van der Waals surface area contributed by atoms with Crippen LogP contribution < -0.4 is 5.32 Å². The number of nitriles is 1. The zero-order valence-electron chi connectivity index (χ0n) is 11.3. The molecule has 0 aromatic heterocycles. The Labute approximate surface area is 125 Å². The second kappa shape index (κ2) is 6.99. The first-order valence-electron chi connectivity index (χ1n) is 5.87. The maximum absolute atomic E-state index is 13.5. The molecule has 0 bridgehead atoms. The van der Waals surface area contributed by atoms with Crippen molar-refractivity contribution in [3.05, 3.63) is 28.8 Å². The van der Waals surface area contributed by atoms with Crippen LogP contribution in [-0.2, 0) is 9.59 Å². The van der Waals surface area contributed by atoms with Crippen LogP contribution in [0.4, 0.5) is 14.5 Å². The Morgan fingerprint density at radius 2 is 1.95 bits per heavy atom. The highest BCUT2D eigenvalue weighted by Gasteiger charge is 2.24. The van der Waals surface area contributed by atoms with Crippen molar-refractivity contribution >= 4 is 29.1 Å². The Morgan fingerprint density at radius 1 is 1.43 bits per heavy atom. The van der Waals surface area contributed by atoms with Gasteiger partial charge in [0.05, 0.1) is 12.5 Å². The van der Waals surface area contributed by atoms with Crippen molar-refractivity contribution in [2.24, 2.45) is 0 Å². The molecule has 21 heavy (non-hydrogen) atoms. The second-order valence-corrected chi connectivity index (χ2v) is 4.76. The van der Waals surface area contributed by atoms with Crippen molar-refractivity contribution in [1.29, 1.82) is 5.26 Å². The van der Waals surface area contributed by atoms with Gasteiger partial charge in [-0.25, -0.2) is 8.78 Å². The quantitative estimate of drug-likeness (QED) is 0.870. The molecular weight excluding hydrogens is 304 g/mol. The molecule has 0 fully saturated rings. The summed E-state index contributed by atoms with van der Waals surface area (Å²) in [5.74, 6) is -4.39. The van der Waals surface area contributed by atoms with E-state index in [4.69, 9.17) is 16.9 Å². The van der Waals surface area contributed by atoms with Crippen LogP contribution >= 0.6 is 11.6 Å². The SMILES string of the molecule is CC(CC#N)N(C)C(=O)C(=O)Nc1c(F)cc(Cl)cc1F. The second-order valence-electron chi connectivity index (χ2n) is 4.33. The summed E-state index contributed by atoms with van der Waals surface area (Å²) in [5, 5.41) is 10.2. The molecule has 1 rings (SSSR count). The van der Waals surface area contributed by atoms with Gasteiger partial charge >= 0.3 is 11.8 Å². The van der Waals surface area contributed by atoms with Gasteiger partial charge in [0.15, 0.2) is 11.6 Å². The lowest BCUT2D eigenvalue weighted by Crippen LogP contribution is -2.42. The molecule has 0 heterocycles. The Morgan fingerprint density at radius 3 is 2.43 bits per heavy atom. The number of rotatable bonds is 3. The maximum atomic E-state index is 13.5. The minimum absolute atomic E-state index is 0.0270. The third-order valence-electron chi connectivity index (χ3n) is 2.81. The number of nitrogens with zero attached hydrogens (tertiary/aromatic N) is 2. The van der Waals surface area contributed by atoms with Gasteiger partial charge in [-0.1, -0.05) is 11.6 Å². The molecule has 0 aliphatic heterocycles. The number of hydrogen-bond donors (Lipinski definition) is 1. The van der Waals surface area contributed by atoms with Crippen LogP contribution in [0.5, 0.6) is 0 Å². The van der Waals surface area contributed by atoms with Crippen molar-refractivity contribution in [3.63, 3.8) is 0 Å². The number of amides is 2. The molecule has 5 nitrogen and oxygen atoms in total. The minimum Gasteiger partial charge on any atom is -0.334 e. The summed E-state index contributed by atoms with van der Waals surface area (Å²) in [6.07, 6.45) is 0.0270. The van der Waals surface area contributed by atoms with Crippen LogP contribution in [0.25, 0.3) is 0 Å². The van der Waals surface area contributed by atoms with Gasteiger partial charge in [0.25, 0.3) is 0 Å². The van der Waals surface area contributed by atoms with Crippen LogP contribution in [0.2, 0.25) is 5.02 Å². The third-order valence-corrected chi connectivity index (χ3v) is 3.03. The first kappa shape index (κ1) is 16.9. The number of carbonyl (C=O) groups excluding carboxylic acids is 2. The predicted molar refractivity (Wildman–Crippen MR) is 72.5 cm³/mol. The molecule has 1 atom stereocenters. The molecule has 0 saturated heterocycles. The summed E-state index contributed by atoms with van der Waals surface area (Å²) >= 11 is 5.45. The van der Waals surface area contributed by atoms with Gasteiger partial charge in [-0.2, -0.15) is 5.26 Å². The number of likely N-dealkylation sites (N-methyl/N-ethyl adjacent to an activating group) is 1. The molecule has 0 spiro atoms. The lowest BCUT2D eigenvalue weighted by Gasteiger charge is -2.22. The van der Waals surface area contributed by atoms with Gasteiger partial charge in [0, 0.05) is 18.1 Å². The largest absolute Gasteiger partial charge is 0.334 e. The van der Waals surface area contributed by atoms with E-state index in [1.54, 1.807) is 6.92 Å². The number of benzene rings is 1. The Balaban J connectivity index is 2.87. The lowest BCUT2D eigenvalue weighted by atomic mass is 10.2. The normalized spacial score (nSPS) is 11.4. The first-order valence-corrected chi connectivity index (χ1v) is 6.25. The Hall–Kier alpha value is -2.20. The molecule has 1 N–H and O–H groups in total. The van der Waals surface area contributed by atoms with E-state index in [-0.39, 0.29) is 11.4 Å². The van der Waals surface area contributed by atoms with E-state index in [0.717, 1.165) is 17.0 Å². The fourth-order valence-electron chi connectivity index (χ4n) is 1.46. The number of halogens is 3. The summed E-state index contributed by atoms with van der Waals surface area (Å²) in [6, 6.07) is 2.97. The van der Waals surface area contributed by atoms with Crippen LogP contribution in [-0.4, -0.2) is 29.8 Å². The summed E-state index contributed by atoms with van der Waals surface area (Å²) in [5.41, 5.74) is -0.751. The maximum Gasteiger partial charge on any atom is 0.314 e. The van der Waals surface area contributed by atoms with E-state index in [2.05, 4.69) is 0 Å². The summed E-state index contributed by atoms with van der Waals surface area (Å²) in [7, 11) is 1.32. The fourth-order valence-corrected chi connectivity index (χ4v) is 1.65. The molecule has 0 aliphatic rings. The van der Waals surface area contributed by atoms with Crippen LogP contribution in [0.1, 0.15) is 13.3 Å². The average molecular weight is 316 g/mol. The van der Waals surface area contributed by atoms with Crippen molar-refractivity contribution in [3.8, 4) is 6.07 Å². The standard InChI is InChI=1S/C13H12ClF2N3O2/c1-7(3-4-17)19(2)13(21)12(20)18-11-9(15)5-8(14)6-10(11)16/h5-7H,3H2,1-2H3,(H,18,20). The molecule has 0 saturated carbocycles. The topological polar surface area (TPSA) is 73.2 Å². The van der Waals surface area contributed by atoms with Crippen molar-refractivity contribution in [1.82, 2.24) is 4.90 Å². The molecule has 8 heteroatoms. The molecule has 2 amide bonds. The van der Waals surface area contributed by atoms with Gasteiger partial charge in [-0.3, -0.25) is 9.59 Å². The number of anilines is 1. The average Bonchev–Trinajstić information content (AvgIpc) is 2.41. The van der Waals surface area contributed by atoms with Crippen LogP contribution in [0.3, 0.4) is 0 Å². The molecule has 1 aromatic carbocycles. The number of nitrogens with one attached hydrogen (secondary N) is 1. The van der Waals surface area contributed by atoms with Crippen molar-refractivity contribution in [2.45, 2.75) is 19.4 Å². The van der Waals surface area contributed by atoms with Gasteiger partial charge in [0.1, 0.15) is 5.69 Å². The predicted octanol–water partition coefficient (Wildman–Crippen LogP) is 2.32. The fraction of sp³-hybridized carbons (Fsp3) is 0.308. The summed E-state index contributed by atoms with van der Waals surface area (Å²) in [4.78, 5) is 24.5. The van der Waals surface area contributed by atoms with Gasteiger partial charge in [-0.15, -0.1) is 0 Å². The van der Waals surface area contributed by atoms with E-state index < -0.39 is 35.2 Å². The number of hydrogen-bond acceptors (Lipinski definition) is 3. The smallest absolute Gasteiger partial charge is 0.314 e. The molecule has 112 valence electrons. The third kappa shape index (κ3) is 4.13. The van der Waals surface area contributed by atoms with E-state index in [9.17, 15) is 18.4 Å². The molecule has 0 aliphatic carbocycles. The van der Waals surface area contributed by atoms with Crippen molar-refractivity contribution < 1.29 is 18.4 Å². The van der Waals surface area contributed by atoms with Crippen LogP contribution in [0.15, 0.2) is 12.1 Å². The summed E-state index contributed by atoms with van der Waals surface area (Å²) in [6.45, 7) is 1.57. The zero-order valence-corrected chi connectivity index (χ0v) is 12.0. The monoisotopic (exact) mass is 315 g/mol. The molecule has 1 unspecified atom stereocenters.